The van der Waals surface area contributed by atoms with Crippen LogP contribution in [0.4, 0.5) is 5.82 Å². The van der Waals surface area contributed by atoms with E-state index >= 15 is 0 Å². The number of Topliss-reactive ketones (excluding diaryl/α,β-unsaturated/α-hetero) is 1. The number of azo groups is 1. The summed E-state index contributed by atoms with van der Waals surface area (Å²) in [7, 11) is 0. The Hall–Kier alpha value is -4.11. The van der Waals surface area contributed by atoms with Crippen LogP contribution in [0.3, 0.4) is 0 Å². The van der Waals surface area contributed by atoms with Crippen LogP contribution in [0.15, 0.2) is 76.9 Å². The van der Waals surface area contributed by atoms with Crippen molar-refractivity contribution in [2.45, 2.75) is 20.4 Å². The van der Waals surface area contributed by atoms with Crippen molar-refractivity contribution in [3.8, 4) is 10.4 Å². The first-order valence-electron chi connectivity index (χ1n) is 10.2. The molecule has 8 nitrogen and oxygen atoms in total. The monoisotopic (exact) mass is 455 g/mol. The van der Waals surface area contributed by atoms with Crippen molar-refractivity contribution < 1.29 is 4.79 Å². The fourth-order valence-corrected chi connectivity index (χ4v) is 4.01. The maximum atomic E-state index is 11.6. The first kappa shape index (κ1) is 22.1. The van der Waals surface area contributed by atoms with Crippen molar-refractivity contribution in [3.05, 3.63) is 78.0 Å². The van der Waals surface area contributed by atoms with E-state index in [2.05, 4.69) is 41.7 Å². The number of aromatic nitrogens is 4. The van der Waals surface area contributed by atoms with E-state index in [4.69, 9.17) is 0 Å². The van der Waals surface area contributed by atoms with E-state index in [1.165, 1.54) is 11.3 Å². The lowest BCUT2D eigenvalue weighted by molar-refractivity contribution is 0.102. The van der Waals surface area contributed by atoms with Crippen LogP contribution in [0.5, 0.6) is 0 Å². The zero-order chi connectivity index (χ0) is 23.2. The largest absolute Gasteiger partial charge is 0.339 e. The van der Waals surface area contributed by atoms with E-state index in [0.717, 1.165) is 32.6 Å². The second kappa shape index (κ2) is 10.0. The molecule has 0 aliphatic carbocycles. The van der Waals surface area contributed by atoms with Crippen LogP contribution in [0.2, 0.25) is 0 Å². The molecule has 0 aromatic carbocycles. The van der Waals surface area contributed by atoms with Crippen molar-refractivity contribution in [1.82, 2.24) is 19.9 Å². The number of imidazole rings is 1. The summed E-state index contributed by atoms with van der Waals surface area (Å²) in [6.07, 6.45) is 10.4. The predicted octanol–water partition coefficient (Wildman–Crippen LogP) is 6.19. The van der Waals surface area contributed by atoms with Gasteiger partial charge in [0, 0.05) is 46.4 Å². The van der Waals surface area contributed by atoms with Crippen LogP contribution >= 0.6 is 11.3 Å². The van der Waals surface area contributed by atoms with E-state index in [1.807, 2.05) is 25.1 Å². The molecule has 4 rings (SSSR count). The molecule has 0 radical (unpaired) electrons. The fraction of sp³-hybridized carbons (Fsp3) is 0.125. The molecule has 0 aliphatic heterocycles. The van der Waals surface area contributed by atoms with E-state index in [0.29, 0.717) is 16.5 Å². The summed E-state index contributed by atoms with van der Waals surface area (Å²) in [6, 6.07) is 7.43. The van der Waals surface area contributed by atoms with Crippen LogP contribution < -0.4 is 0 Å². The standard InChI is InChI=1S/C24H21N7OS/c1-4-16(10-25-5-2)17-6-9-22(27-11-17)31-28-14-23-29-19-13-26-12-18(24(19)30-23)21-8-7-20(33-21)15(3)32/h4-13H,1,14H2,2-3H3,(H,29,30)/b16-10+,25-5?,31-28?. The van der Waals surface area contributed by atoms with Gasteiger partial charge in [-0.3, -0.25) is 14.8 Å². The number of nitrogens with zero attached hydrogens (tertiary/aromatic N) is 6. The molecule has 33 heavy (non-hydrogen) atoms. The van der Waals surface area contributed by atoms with Crippen molar-refractivity contribution >= 4 is 45.8 Å². The molecule has 9 heteroatoms. The molecule has 4 aromatic rings. The number of aromatic amines is 1. The Morgan fingerprint density at radius 3 is 2.79 bits per heavy atom. The van der Waals surface area contributed by atoms with Gasteiger partial charge < -0.3 is 4.98 Å². The molecule has 0 bridgehead atoms. The lowest BCUT2D eigenvalue weighted by Crippen LogP contribution is -1.85. The molecule has 1 N–H and O–H groups in total. The number of nitrogens with one attached hydrogen (secondary N) is 1. The molecule has 0 unspecified atom stereocenters. The average Bonchev–Trinajstić information content (AvgIpc) is 3.48. The maximum Gasteiger partial charge on any atom is 0.173 e. The lowest BCUT2D eigenvalue weighted by Gasteiger charge is -2.00. The van der Waals surface area contributed by atoms with Gasteiger partial charge in [-0.25, -0.2) is 9.97 Å². The van der Waals surface area contributed by atoms with Gasteiger partial charge in [0.15, 0.2) is 11.6 Å². The van der Waals surface area contributed by atoms with Gasteiger partial charge in [0.2, 0.25) is 0 Å². The summed E-state index contributed by atoms with van der Waals surface area (Å²) in [5, 5.41) is 8.42. The van der Waals surface area contributed by atoms with Gasteiger partial charge in [0.25, 0.3) is 0 Å². The molecule has 0 spiro atoms. The SMILES string of the molecule is C=C/C(=C\N=CC)c1ccc(N=NCc2nc3c(-c4ccc(C(C)=O)s4)cncc3[nH]2)nc1. The van der Waals surface area contributed by atoms with E-state index in [1.54, 1.807) is 50.1 Å². The van der Waals surface area contributed by atoms with Gasteiger partial charge in [0.05, 0.1) is 16.6 Å². The summed E-state index contributed by atoms with van der Waals surface area (Å²) in [5.41, 5.74) is 4.23. The van der Waals surface area contributed by atoms with Crippen molar-refractivity contribution in [2.24, 2.45) is 15.2 Å². The van der Waals surface area contributed by atoms with Gasteiger partial charge in [-0.15, -0.1) is 16.5 Å². The molecular weight excluding hydrogens is 434 g/mol. The quantitative estimate of drug-likeness (QED) is 0.148. The number of hydrogen-bond donors (Lipinski definition) is 1. The number of rotatable bonds is 8. The predicted molar refractivity (Wildman–Crippen MR) is 132 cm³/mol. The number of pyridine rings is 2. The number of carbonyl (C=O) groups is 1. The third kappa shape index (κ3) is 5.04. The van der Waals surface area contributed by atoms with Crippen LogP contribution in [0.1, 0.15) is 34.9 Å². The van der Waals surface area contributed by atoms with Gasteiger partial charge in [-0.2, -0.15) is 5.11 Å². The van der Waals surface area contributed by atoms with E-state index < -0.39 is 0 Å². The van der Waals surface area contributed by atoms with Gasteiger partial charge in [-0.05, 0) is 38.1 Å². The number of ketones is 1. The number of H-pyrrole nitrogens is 1. The normalized spacial score (nSPS) is 12.2. The van der Waals surface area contributed by atoms with E-state index in [9.17, 15) is 4.79 Å². The van der Waals surface area contributed by atoms with Crippen LogP contribution in [-0.4, -0.2) is 31.9 Å². The van der Waals surface area contributed by atoms with Crippen LogP contribution in [-0.2, 0) is 6.54 Å². The summed E-state index contributed by atoms with van der Waals surface area (Å²) in [6.45, 7) is 7.49. The molecule has 0 saturated carbocycles. The van der Waals surface area contributed by atoms with Gasteiger partial charge in [-0.1, -0.05) is 12.7 Å². The van der Waals surface area contributed by atoms with Gasteiger partial charge in [0.1, 0.15) is 17.9 Å². The minimum atomic E-state index is 0.0438. The zero-order valence-corrected chi connectivity index (χ0v) is 19.0. The summed E-state index contributed by atoms with van der Waals surface area (Å²) in [4.78, 5) is 33.9. The second-order valence-electron chi connectivity index (χ2n) is 6.99. The molecule has 0 atom stereocenters. The number of allylic oxidation sites excluding steroid dienone is 2. The maximum absolute atomic E-state index is 11.6. The smallest absolute Gasteiger partial charge is 0.173 e. The molecule has 4 heterocycles. The third-order valence-electron chi connectivity index (χ3n) is 4.72. The molecule has 4 aromatic heterocycles. The Kier molecular flexibility index (Phi) is 6.70. The summed E-state index contributed by atoms with van der Waals surface area (Å²) < 4.78 is 0. The first-order valence-corrected chi connectivity index (χ1v) is 11.0. The van der Waals surface area contributed by atoms with Gasteiger partial charge >= 0.3 is 0 Å². The van der Waals surface area contributed by atoms with Crippen molar-refractivity contribution in [3.63, 3.8) is 0 Å². The Bertz CT molecular complexity index is 1390. The first-order chi connectivity index (χ1) is 16.1. The average molecular weight is 456 g/mol. The van der Waals surface area contributed by atoms with Crippen LogP contribution in [0, 0.1) is 0 Å². The molecular formula is C24H21N7OS. The van der Waals surface area contributed by atoms with E-state index in [-0.39, 0.29) is 12.3 Å². The fourth-order valence-electron chi connectivity index (χ4n) is 3.10. The minimum Gasteiger partial charge on any atom is -0.339 e. The molecule has 0 aliphatic rings. The molecule has 164 valence electrons. The zero-order valence-electron chi connectivity index (χ0n) is 18.2. The van der Waals surface area contributed by atoms with Crippen LogP contribution in [0.25, 0.3) is 27.0 Å². The number of aliphatic imine (C=N–C) groups is 1. The lowest BCUT2D eigenvalue weighted by atomic mass is 10.1. The highest BCUT2D eigenvalue weighted by atomic mass is 32.1. The molecule has 0 fully saturated rings. The topological polar surface area (TPSA) is 109 Å². The Balaban J connectivity index is 1.50. The third-order valence-corrected chi connectivity index (χ3v) is 5.94. The Morgan fingerprint density at radius 1 is 1.21 bits per heavy atom. The highest BCUT2D eigenvalue weighted by Gasteiger charge is 2.13. The number of thiophene rings is 1. The second-order valence-corrected chi connectivity index (χ2v) is 8.07. The minimum absolute atomic E-state index is 0.0438. The van der Waals surface area contributed by atoms with Crippen molar-refractivity contribution in [2.75, 3.05) is 0 Å². The number of carbonyl (C=O) groups excluding carboxylic acids is 1. The summed E-state index contributed by atoms with van der Waals surface area (Å²) >= 11 is 1.43. The highest BCUT2D eigenvalue weighted by molar-refractivity contribution is 7.17. The molecule has 0 saturated heterocycles. The number of hydrogen-bond acceptors (Lipinski definition) is 8. The highest BCUT2D eigenvalue weighted by Crippen LogP contribution is 2.32. The van der Waals surface area contributed by atoms with Crippen molar-refractivity contribution in [1.29, 1.82) is 0 Å². The Labute approximate surface area is 194 Å². The Morgan fingerprint density at radius 2 is 2.09 bits per heavy atom. The number of fused-ring (bicyclic) bond motifs is 1. The molecule has 0 amide bonds. The summed E-state index contributed by atoms with van der Waals surface area (Å²) in [5.74, 6) is 1.20.